The molecule has 2 heterocycles. The fourth-order valence-electron chi connectivity index (χ4n) is 4.92. The molecule has 2 saturated carbocycles. The molecule has 2 saturated heterocycles. The van der Waals surface area contributed by atoms with E-state index in [1.54, 1.807) is 7.05 Å². The maximum atomic E-state index is 12.8. The molecule has 0 N–H and O–H groups in total. The standard InChI is InChI=1S/C17H28N2O4/c1-16(2,3)23-15(21)19-12-6-11-7-13(19)10-17(8-11,9-12)14(20)18(4)22-5/h11-13H,6-10H2,1-5H3. The molecule has 6 heteroatoms. The van der Waals surface area contributed by atoms with E-state index in [4.69, 9.17) is 9.57 Å². The number of carbonyl (C=O) groups is 2. The minimum atomic E-state index is -0.491. The second-order valence-electron chi connectivity index (χ2n) is 8.41. The predicted octanol–water partition coefficient (Wildman–Crippen LogP) is 2.57. The summed E-state index contributed by atoms with van der Waals surface area (Å²) in [5.41, 5.74) is -0.852. The number of piperidine rings is 2. The van der Waals surface area contributed by atoms with Crippen LogP contribution in [0.4, 0.5) is 4.79 Å². The number of hydroxylamine groups is 2. The van der Waals surface area contributed by atoms with Gasteiger partial charge in [-0.25, -0.2) is 9.86 Å². The summed E-state index contributed by atoms with van der Waals surface area (Å²) in [5.74, 6) is 0.587. The van der Waals surface area contributed by atoms with Crippen LogP contribution in [-0.4, -0.2) is 53.8 Å². The second kappa shape index (κ2) is 5.36. The highest BCUT2D eigenvalue weighted by Gasteiger charge is 2.60. The Bertz CT molecular complexity index is 497. The van der Waals surface area contributed by atoms with Crippen LogP contribution in [0.2, 0.25) is 0 Å². The first-order valence-electron chi connectivity index (χ1n) is 8.49. The van der Waals surface area contributed by atoms with Crippen molar-refractivity contribution >= 4 is 12.0 Å². The van der Waals surface area contributed by atoms with Gasteiger partial charge in [0.05, 0.1) is 12.5 Å². The average molecular weight is 324 g/mol. The SMILES string of the molecule is CON(C)C(=O)C12CC3CC(C1)N(C(=O)OC(C)(C)C)C(C3)C2. The first-order valence-corrected chi connectivity index (χ1v) is 8.49. The summed E-state index contributed by atoms with van der Waals surface area (Å²) in [6, 6.07) is 0.232. The van der Waals surface area contributed by atoms with Gasteiger partial charge in [-0.3, -0.25) is 9.63 Å². The van der Waals surface area contributed by atoms with Gasteiger partial charge in [-0.15, -0.1) is 0 Å². The van der Waals surface area contributed by atoms with Crippen LogP contribution in [-0.2, 0) is 14.4 Å². The van der Waals surface area contributed by atoms with Crippen molar-refractivity contribution in [3.8, 4) is 0 Å². The lowest BCUT2D eigenvalue weighted by molar-refractivity contribution is -0.196. The molecule has 4 bridgehead atoms. The molecular formula is C17H28N2O4. The quantitative estimate of drug-likeness (QED) is 0.733. The van der Waals surface area contributed by atoms with Gasteiger partial charge in [-0.05, 0) is 58.8 Å². The Hall–Kier alpha value is -1.30. The number of amides is 2. The van der Waals surface area contributed by atoms with Crippen molar-refractivity contribution in [1.29, 1.82) is 0 Å². The van der Waals surface area contributed by atoms with E-state index in [1.165, 1.54) is 12.2 Å². The smallest absolute Gasteiger partial charge is 0.410 e. The summed E-state index contributed by atoms with van der Waals surface area (Å²) >= 11 is 0. The number of rotatable bonds is 2. The van der Waals surface area contributed by atoms with E-state index in [9.17, 15) is 9.59 Å². The van der Waals surface area contributed by atoms with Gasteiger partial charge < -0.3 is 9.64 Å². The molecule has 23 heavy (non-hydrogen) atoms. The summed E-state index contributed by atoms with van der Waals surface area (Å²) in [7, 11) is 3.19. The largest absolute Gasteiger partial charge is 0.444 e. The van der Waals surface area contributed by atoms with Crippen molar-refractivity contribution in [2.75, 3.05) is 14.2 Å². The highest BCUT2D eigenvalue weighted by Crippen LogP contribution is 2.57. The molecule has 6 nitrogen and oxygen atoms in total. The molecule has 0 radical (unpaired) electrons. The Morgan fingerprint density at radius 1 is 1.13 bits per heavy atom. The second-order valence-corrected chi connectivity index (χ2v) is 8.41. The number of hydrogen-bond donors (Lipinski definition) is 0. The molecule has 4 rings (SSSR count). The third kappa shape index (κ3) is 2.82. The van der Waals surface area contributed by atoms with Gasteiger partial charge in [0.25, 0.3) is 5.91 Å². The Morgan fingerprint density at radius 2 is 1.70 bits per heavy atom. The molecule has 0 aromatic carbocycles. The van der Waals surface area contributed by atoms with Crippen molar-refractivity contribution < 1.29 is 19.2 Å². The Balaban J connectivity index is 1.80. The Morgan fingerprint density at radius 3 is 2.17 bits per heavy atom. The first kappa shape index (κ1) is 16.6. The van der Waals surface area contributed by atoms with Crippen LogP contribution < -0.4 is 0 Å². The average Bonchev–Trinajstić information content (AvgIpc) is 2.42. The van der Waals surface area contributed by atoms with Crippen LogP contribution >= 0.6 is 0 Å². The summed E-state index contributed by atoms with van der Waals surface area (Å²) in [5, 5.41) is 1.35. The normalized spacial score (nSPS) is 35.3. The highest BCUT2D eigenvalue weighted by molar-refractivity contribution is 5.83. The maximum Gasteiger partial charge on any atom is 0.410 e. The van der Waals surface area contributed by atoms with Crippen molar-refractivity contribution in [1.82, 2.24) is 9.96 Å². The van der Waals surface area contributed by atoms with Gasteiger partial charge in [-0.2, -0.15) is 0 Å². The number of carbonyl (C=O) groups excluding carboxylic acids is 2. The van der Waals surface area contributed by atoms with Gasteiger partial charge in [0.1, 0.15) is 5.60 Å². The molecule has 4 aliphatic rings. The Labute approximate surface area is 138 Å². The number of ether oxygens (including phenoxy) is 1. The van der Waals surface area contributed by atoms with E-state index < -0.39 is 5.60 Å². The zero-order valence-corrected chi connectivity index (χ0v) is 14.8. The van der Waals surface area contributed by atoms with E-state index >= 15 is 0 Å². The minimum absolute atomic E-state index is 0.0586. The molecule has 130 valence electrons. The van der Waals surface area contributed by atoms with Crippen LogP contribution in [0.5, 0.6) is 0 Å². The lowest BCUT2D eigenvalue weighted by Gasteiger charge is -2.60. The van der Waals surface area contributed by atoms with Crippen molar-refractivity contribution in [2.45, 2.75) is 70.6 Å². The molecule has 0 spiro atoms. The van der Waals surface area contributed by atoms with E-state index in [-0.39, 0.29) is 29.5 Å². The maximum absolute atomic E-state index is 12.8. The van der Waals surface area contributed by atoms with Crippen LogP contribution in [0.3, 0.4) is 0 Å². The van der Waals surface area contributed by atoms with E-state index in [2.05, 4.69) is 0 Å². The molecule has 0 aromatic rings. The van der Waals surface area contributed by atoms with Crippen LogP contribution in [0, 0.1) is 11.3 Å². The van der Waals surface area contributed by atoms with Gasteiger partial charge in [0.15, 0.2) is 0 Å². The van der Waals surface area contributed by atoms with Crippen molar-refractivity contribution in [3.63, 3.8) is 0 Å². The zero-order valence-electron chi connectivity index (χ0n) is 14.8. The summed E-state index contributed by atoms with van der Waals surface area (Å²) in [6.07, 6.45) is 4.13. The summed E-state index contributed by atoms with van der Waals surface area (Å²) in [6.45, 7) is 5.67. The van der Waals surface area contributed by atoms with Crippen molar-refractivity contribution in [3.05, 3.63) is 0 Å². The number of nitrogens with zero attached hydrogens (tertiary/aromatic N) is 2. The topological polar surface area (TPSA) is 59.1 Å². The first-order chi connectivity index (χ1) is 10.6. The van der Waals surface area contributed by atoms with E-state index in [1.807, 2.05) is 25.7 Å². The zero-order chi connectivity index (χ0) is 17.0. The molecule has 2 amide bonds. The molecule has 2 unspecified atom stereocenters. The Kier molecular flexibility index (Phi) is 3.86. The monoisotopic (exact) mass is 324 g/mol. The molecule has 2 atom stereocenters. The third-order valence-corrected chi connectivity index (χ3v) is 5.55. The molecular weight excluding hydrogens is 296 g/mol. The van der Waals surface area contributed by atoms with Gasteiger partial charge in [0.2, 0.25) is 0 Å². The molecule has 4 fully saturated rings. The van der Waals surface area contributed by atoms with Gasteiger partial charge in [-0.1, -0.05) is 0 Å². The lowest BCUT2D eigenvalue weighted by atomic mass is 9.55. The van der Waals surface area contributed by atoms with Gasteiger partial charge in [0, 0.05) is 19.1 Å². The third-order valence-electron chi connectivity index (χ3n) is 5.55. The molecule has 0 aromatic heterocycles. The van der Waals surface area contributed by atoms with Crippen molar-refractivity contribution in [2.24, 2.45) is 11.3 Å². The minimum Gasteiger partial charge on any atom is -0.444 e. The van der Waals surface area contributed by atoms with E-state index in [0.29, 0.717) is 5.92 Å². The fourth-order valence-corrected chi connectivity index (χ4v) is 4.92. The highest BCUT2D eigenvalue weighted by atomic mass is 16.7. The molecule has 2 aliphatic heterocycles. The van der Waals surface area contributed by atoms with Crippen LogP contribution in [0.1, 0.15) is 52.9 Å². The van der Waals surface area contributed by atoms with E-state index in [0.717, 1.165) is 32.1 Å². The lowest BCUT2D eigenvalue weighted by Crippen LogP contribution is -2.66. The predicted molar refractivity (Wildman–Crippen MR) is 84.4 cm³/mol. The van der Waals surface area contributed by atoms with Gasteiger partial charge >= 0.3 is 6.09 Å². The fraction of sp³-hybridized carbons (Fsp3) is 0.882. The molecule has 2 aliphatic carbocycles. The number of hydrogen-bond acceptors (Lipinski definition) is 4. The van der Waals surface area contributed by atoms with Crippen LogP contribution in [0.15, 0.2) is 0 Å². The summed E-state index contributed by atoms with van der Waals surface area (Å²) < 4.78 is 5.59. The summed E-state index contributed by atoms with van der Waals surface area (Å²) in [4.78, 5) is 32.4. The van der Waals surface area contributed by atoms with Crippen LogP contribution in [0.25, 0.3) is 0 Å².